The van der Waals surface area contributed by atoms with Crippen molar-refractivity contribution in [2.24, 2.45) is 0 Å². The van der Waals surface area contributed by atoms with Crippen LogP contribution in [0.2, 0.25) is 0 Å². The Morgan fingerprint density at radius 1 is 1.57 bits per heavy atom. The number of rotatable bonds is 3. The third-order valence-electron chi connectivity index (χ3n) is 1.92. The Labute approximate surface area is 82.5 Å². The first kappa shape index (κ1) is 10.7. The van der Waals surface area contributed by atoms with Gasteiger partial charge in [-0.25, -0.2) is 4.79 Å². The average Bonchev–Trinajstić information content (AvgIpc) is 2.19. The predicted octanol–water partition coefficient (Wildman–Crippen LogP) is 0.852. The van der Waals surface area contributed by atoms with Crippen LogP contribution in [0.1, 0.15) is 19.4 Å². The molecule has 1 rings (SSSR count). The van der Waals surface area contributed by atoms with Gasteiger partial charge in [0.2, 0.25) is 0 Å². The standard InChI is InChI=1S/C10H13NO3/c1-3-14-9(12)10(2,13)8-4-6-11-7-5-8/h4-7,13H,3H2,1-2H3. The first-order valence-electron chi connectivity index (χ1n) is 4.39. The molecule has 0 aliphatic rings. The molecule has 76 valence electrons. The van der Waals surface area contributed by atoms with Crippen LogP contribution >= 0.6 is 0 Å². The van der Waals surface area contributed by atoms with Crippen LogP contribution in [0.25, 0.3) is 0 Å². The highest BCUT2D eigenvalue weighted by Crippen LogP contribution is 2.20. The molecule has 0 bridgehead atoms. The van der Waals surface area contributed by atoms with Crippen molar-refractivity contribution in [3.8, 4) is 0 Å². The molecule has 0 radical (unpaired) electrons. The third-order valence-corrected chi connectivity index (χ3v) is 1.92. The van der Waals surface area contributed by atoms with Crippen LogP contribution in [-0.4, -0.2) is 22.7 Å². The van der Waals surface area contributed by atoms with Gasteiger partial charge in [0.05, 0.1) is 6.61 Å². The van der Waals surface area contributed by atoms with Crippen LogP contribution in [0.3, 0.4) is 0 Å². The zero-order valence-electron chi connectivity index (χ0n) is 8.23. The van der Waals surface area contributed by atoms with E-state index in [9.17, 15) is 9.90 Å². The molecular formula is C10H13NO3. The van der Waals surface area contributed by atoms with Crippen LogP contribution in [0.5, 0.6) is 0 Å². The number of pyridine rings is 1. The molecule has 1 atom stereocenters. The molecule has 4 nitrogen and oxygen atoms in total. The average molecular weight is 195 g/mol. The topological polar surface area (TPSA) is 59.4 Å². The van der Waals surface area contributed by atoms with E-state index in [1.54, 1.807) is 19.1 Å². The van der Waals surface area contributed by atoms with E-state index in [4.69, 9.17) is 4.74 Å². The molecule has 1 unspecified atom stereocenters. The fraction of sp³-hybridized carbons (Fsp3) is 0.400. The number of hydrogen-bond acceptors (Lipinski definition) is 4. The van der Waals surface area contributed by atoms with E-state index in [0.29, 0.717) is 5.56 Å². The molecule has 0 aliphatic carbocycles. The van der Waals surface area contributed by atoms with Gasteiger partial charge in [-0.3, -0.25) is 4.98 Å². The normalized spacial score (nSPS) is 14.5. The second kappa shape index (κ2) is 4.19. The van der Waals surface area contributed by atoms with Crippen LogP contribution in [-0.2, 0) is 15.1 Å². The number of aromatic nitrogens is 1. The summed E-state index contributed by atoms with van der Waals surface area (Å²) in [5.41, 5.74) is -1.12. The van der Waals surface area contributed by atoms with Crippen molar-refractivity contribution in [2.45, 2.75) is 19.4 Å². The zero-order chi connectivity index (χ0) is 10.6. The lowest BCUT2D eigenvalue weighted by Gasteiger charge is -2.20. The third kappa shape index (κ3) is 2.09. The molecule has 0 aliphatic heterocycles. The predicted molar refractivity (Wildman–Crippen MR) is 50.4 cm³/mol. The van der Waals surface area contributed by atoms with Crippen LogP contribution in [0, 0.1) is 0 Å². The minimum absolute atomic E-state index is 0.250. The molecule has 0 amide bonds. The van der Waals surface area contributed by atoms with Crippen molar-refractivity contribution in [1.29, 1.82) is 0 Å². The maximum atomic E-state index is 11.4. The molecule has 1 N–H and O–H groups in total. The van der Waals surface area contributed by atoms with E-state index < -0.39 is 11.6 Å². The van der Waals surface area contributed by atoms with E-state index in [0.717, 1.165) is 0 Å². The minimum Gasteiger partial charge on any atom is -0.464 e. The van der Waals surface area contributed by atoms with Gasteiger partial charge in [-0.2, -0.15) is 0 Å². The van der Waals surface area contributed by atoms with Gasteiger partial charge in [0.15, 0.2) is 5.60 Å². The Hall–Kier alpha value is -1.42. The largest absolute Gasteiger partial charge is 0.464 e. The van der Waals surface area contributed by atoms with E-state index in [1.165, 1.54) is 19.3 Å². The molecule has 1 aromatic rings. The van der Waals surface area contributed by atoms with E-state index in [2.05, 4.69) is 4.98 Å². The summed E-state index contributed by atoms with van der Waals surface area (Å²) in [6.45, 7) is 3.35. The second-order valence-electron chi connectivity index (χ2n) is 3.03. The fourth-order valence-electron chi connectivity index (χ4n) is 1.07. The molecule has 0 spiro atoms. The smallest absolute Gasteiger partial charge is 0.342 e. The van der Waals surface area contributed by atoms with Crippen LogP contribution < -0.4 is 0 Å². The second-order valence-corrected chi connectivity index (χ2v) is 3.03. The maximum absolute atomic E-state index is 11.4. The molecule has 0 aromatic carbocycles. The van der Waals surface area contributed by atoms with E-state index >= 15 is 0 Å². The van der Waals surface area contributed by atoms with E-state index in [-0.39, 0.29) is 6.61 Å². The van der Waals surface area contributed by atoms with Crippen LogP contribution in [0.15, 0.2) is 24.5 Å². The molecule has 14 heavy (non-hydrogen) atoms. The Kier molecular flexibility index (Phi) is 3.19. The highest BCUT2D eigenvalue weighted by molar-refractivity contribution is 5.80. The Balaban J connectivity index is 2.90. The number of nitrogens with zero attached hydrogens (tertiary/aromatic N) is 1. The lowest BCUT2D eigenvalue weighted by molar-refractivity contribution is -0.164. The molecule has 0 saturated carbocycles. The Morgan fingerprint density at radius 2 is 2.14 bits per heavy atom. The highest BCUT2D eigenvalue weighted by atomic mass is 16.5. The van der Waals surface area contributed by atoms with Gasteiger partial charge in [0, 0.05) is 12.4 Å². The number of carbonyl (C=O) groups is 1. The van der Waals surface area contributed by atoms with Gasteiger partial charge in [-0.1, -0.05) is 0 Å². The van der Waals surface area contributed by atoms with Crippen molar-refractivity contribution >= 4 is 5.97 Å². The van der Waals surface area contributed by atoms with Crippen molar-refractivity contribution < 1.29 is 14.6 Å². The number of carbonyl (C=O) groups excluding carboxylic acids is 1. The summed E-state index contributed by atoms with van der Waals surface area (Å²) in [5.74, 6) is -0.647. The van der Waals surface area contributed by atoms with Crippen molar-refractivity contribution in [1.82, 2.24) is 4.98 Å². The summed E-state index contributed by atoms with van der Waals surface area (Å²) in [6.07, 6.45) is 3.03. The molecular weight excluding hydrogens is 182 g/mol. The number of aliphatic hydroxyl groups is 1. The Bertz CT molecular complexity index is 308. The van der Waals surface area contributed by atoms with Crippen molar-refractivity contribution in [3.05, 3.63) is 30.1 Å². The minimum atomic E-state index is -1.60. The summed E-state index contributed by atoms with van der Waals surface area (Å²) in [7, 11) is 0. The summed E-state index contributed by atoms with van der Waals surface area (Å²) in [4.78, 5) is 15.2. The summed E-state index contributed by atoms with van der Waals surface area (Å²) >= 11 is 0. The van der Waals surface area contributed by atoms with Crippen molar-refractivity contribution in [2.75, 3.05) is 6.61 Å². The highest BCUT2D eigenvalue weighted by Gasteiger charge is 2.33. The van der Waals surface area contributed by atoms with Gasteiger partial charge in [-0.15, -0.1) is 0 Å². The Morgan fingerprint density at radius 3 is 2.64 bits per heavy atom. The lowest BCUT2D eigenvalue weighted by Crippen LogP contribution is -2.34. The van der Waals surface area contributed by atoms with Crippen LogP contribution in [0.4, 0.5) is 0 Å². The number of ether oxygens (including phenoxy) is 1. The SMILES string of the molecule is CCOC(=O)C(C)(O)c1ccncc1. The van der Waals surface area contributed by atoms with Crippen molar-refractivity contribution in [3.63, 3.8) is 0 Å². The van der Waals surface area contributed by atoms with E-state index in [1.807, 2.05) is 0 Å². The molecule has 0 fully saturated rings. The monoisotopic (exact) mass is 195 g/mol. The molecule has 0 saturated heterocycles. The molecule has 1 heterocycles. The molecule has 4 heteroatoms. The first-order chi connectivity index (χ1) is 6.59. The van der Waals surface area contributed by atoms with Gasteiger partial charge in [0.25, 0.3) is 0 Å². The summed E-state index contributed by atoms with van der Waals surface area (Å²) < 4.78 is 4.75. The molecule has 1 aromatic heterocycles. The number of hydrogen-bond donors (Lipinski definition) is 1. The van der Waals surface area contributed by atoms with Gasteiger partial charge in [-0.05, 0) is 31.5 Å². The zero-order valence-corrected chi connectivity index (χ0v) is 8.23. The fourth-order valence-corrected chi connectivity index (χ4v) is 1.07. The summed E-state index contributed by atoms with van der Waals surface area (Å²) in [5, 5.41) is 9.88. The van der Waals surface area contributed by atoms with Gasteiger partial charge < -0.3 is 9.84 Å². The first-order valence-corrected chi connectivity index (χ1v) is 4.39. The van der Waals surface area contributed by atoms with Gasteiger partial charge in [0.1, 0.15) is 0 Å². The maximum Gasteiger partial charge on any atom is 0.342 e. The summed E-state index contributed by atoms with van der Waals surface area (Å²) in [6, 6.07) is 3.16. The quantitative estimate of drug-likeness (QED) is 0.726. The van der Waals surface area contributed by atoms with Gasteiger partial charge >= 0.3 is 5.97 Å². The lowest BCUT2D eigenvalue weighted by atomic mass is 9.98. The number of esters is 1.